The van der Waals surface area contributed by atoms with E-state index in [9.17, 15) is 18.4 Å². The summed E-state index contributed by atoms with van der Waals surface area (Å²) in [5.74, 6) is -3.00. The quantitative estimate of drug-likeness (QED) is 0.636. The number of amides is 2. The number of halogens is 2. The van der Waals surface area contributed by atoms with Crippen LogP contribution in [0.3, 0.4) is 0 Å². The van der Waals surface area contributed by atoms with Gasteiger partial charge in [0.2, 0.25) is 5.91 Å². The van der Waals surface area contributed by atoms with Crippen LogP contribution in [0.5, 0.6) is 0 Å². The fraction of sp³-hybridized carbons (Fsp3) is 0.476. The first kappa shape index (κ1) is 22.8. The van der Waals surface area contributed by atoms with E-state index >= 15 is 0 Å². The number of carbonyl (C=O) groups excluding carboxylic acids is 2. The summed E-state index contributed by atoms with van der Waals surface area (Å²) in [4.78, 5) is 25.7. The predicted molar refractivity (Wildman–Crippen MR) is 108 cm³/mol. The highest BCUT2D eigenvalue weighted by Crippen LogP contribution is 2.26. The molecule has 0 spiro atoms. The molecule has 0 aliphatic carbocycles. The number of aromatic nitrogens is 2. The molecule has 2 heterocycles. The number of hydrogen-bond acceptors (Lipinski definition) is 5. The second-order valence-electron chi connectivity index (χ2n) is 8.37. The maximum absolute atomic E-state index is 13.8. The highest BCUT2D eigenvalue weighted by atomic mass is 19.2. The Morgan fingerprint density at radius 1 is 1.29 bits per heavy atom. The van der Waals surface area contributed by atoms with Crippen molar-refractivity contribution in [3.63, 3.8) is 0 Å². The van der Waals surface area contributed by atoms with Gasteiger partial charge in [0.05, 0.1) is 31.2 Å². The minimum atomic E-state index is -1.03. The van der Waals surface area contributed by atoms with Crippen LogP contribution in [0, 0.1) is 17.0 Å². The number of hydrogen-bond donors (Lipinski definition) is 3. The lowest BCUT2D eigenvalue weighted by atomic mass is 9.86. The largest absolute Gasteiger partial charge is 0.395 e. The van der Waals surface area contributed by atoms with Crippen LogP contribution in [0.25, 0.3) is 5.69 Å². The van der Waals surface area contributed by atoms with Crippen LogP contribution in [0.2, 0.25) is 0 Å². The fourth-order valence-corrected chi connectivity index (χ4v) is 3.41. The first-order chi connectivity index (χ1) is 14.6. The number of fused-ring (bicyclic) bond motifs is 1. The van der Waals surface area contributed by atoms with E-state index in [1.807, 2.05) is 0 Å². The number of rotatable bonds is 6. The number of aliphatic hydroxyl groups is 1. The lowest BCUT2D eigenvalue weighted by Gasteiger charge is -2.30. The zero-order valence-electron chi connectivity index (χ0n) is 17.7. The van der Waals surface area contributed by atoms with Crippen LogP contribution in [0.1, 0.15) is 42.5 Å². The summed E-state index contributed by atoms with van der Waals surface area (Å²) < 4.78 is 34.0. The predicted octanol–water partition coefficient (Wildman–Crippen LogP) is 1.48. The monoisotopic (exact) mass is 436 g/mol. The van der Waals surface area contributed by atoms with E-state index in [-0.39, 0.29) is 31.1 Å². The molecule has 0 fully saturated rings. The average Bonchev–Trinajstić information content (AvgIpc) is 3.11. The Hall–Kier alpha value is -2.85. The van der Waals surface area contributed by atoms with Crippen molar-refractivity contribution in [2.24, 2.45) is 5.41 Å². The van der Waals surface area contributed by atoms with Gasteiger partial charge in [-0.1, -0.05) is 20.8 Å². The molecule has 3 N–H and O–H groups in total. The first-order valence-electron chi connectivity index (χ1n) is 9.97. The Balaban J connectivity index is 1.96. The number of carbonyl (C=O) groups is 2. The molecule has 1 aromatic carbocycles. The molecule has 1 aliphatic heterocycles. The SMILES string of the molecule is CC(C)(C)[C@H](NC(=O)c1nn(-c2ccc(F)c(F)c2)c2c1CCOC2)C(=O)NCCO. The highest BCUT2D eigenvalue weighted by Gasteiger charge is 2.35. The van der Waals surface area contributed by atoms with Gasteiger partial charge in [-0.15, -0.1) is 0 Å². The van der Waals surface area contributed by atoms with Gasteiger partial charge in [0, 0.05) is 24.6 Å². The summed E-state index contributed by atoms with van der Waals surface area (Å²) >= 11 is 0. The third-order valence-corrected chi connectivity index (χ3v) is 5.00. The Morgan fingerprint density at radius 2 is 2.03 bits per heavy atom. The summed E-state index contributed by atoms with van der Waals surface area (Å²) in [5.41, 5.74) is 0.956. The van der Waals surface area contributed by atoms with Crippen LogP contribution < -0.4 is 10.6 Å². The third-order valence-electron chi connectivity index (χ3n) is 5.00. The molecular weight excluding hydrogens is 410 g/mol. The maximum atomic E-state index is 13.8. The molecule has 1 atom stereocenters. The molecular formula is C21H26F2N4O4. The minimum absolute atomic E-state index is 0.0682. The summed E-state index contributed by atoms with van der Waals surface area (Å²) in [6.07, 6.45) is 0.415. The van der Waals surface area contributed by atoms with Gasteiger partial charge in [0.1, 0.15) is 6.04 Å². The van der Waals surface area contributed by atoms with Gasteiger partial charge in [0.25, 0.3) is 5.91 Å². The van der Waals surface area contributed by atoms with Crippen LogP contribution in [0.15, 0.2) is 18.2 Å². The van der Waals surface area contributed by atoms with Gasteiger partial charge in [-0.25, -0.2) is 13.5 Å². The van der Waals surface area contributed by atoms with E-state index in [1.54, 1.807) is 20.8 Å². The molecule has 8 nitrogen and oxygen atoms in total. The van der Waals surface area contributed by atoms with Crippen LogP contribution in [-0.4, -0.2) is 52.5 Å². The summed E-state index contributed by atoms with van der Waals surface area (Å²) in [7, 11) is 0. The van der Waals surface area contributed by atoms with Crippen LogP contribution in [0.4, 0.5) is 8.78 Å². The van der Waals surface area contributed by atoms with Crippen molar-refractivity contribution < 1.29 is 28.2 Å². The van der Waals surface area contributed by atoms with E-state index in [4.69, 9.17) is 9.84 Å². The molecule has 10 heteroatoms. The normalized spacial score (nSPS) is 14.6. The third kappa shape index (κ3) is 4.91. The Bertz CT molecular complexity index is 984. The average molecular weight is 436 g/mol. The molecule has 1 aromatic heterocycles. The van der Waals surface area contributed by atoms with E-state index in [1.165, 1.54) is 10.7 Å². The maximum Gasteiger partial charge on any atom is 0.272 e. The topological polar surface area (TPSA) is 105 Å². The van der Waals surface area contributed by atoms with Gasteiger partial charge in [-0.05, 0) is 17.5 Å². The number of ether oxygens (including phenoxy) is 1. The molecule has 2 aromatic rings. The number of aliphatic hydroxyl groups excluding tert-OH is 1. The number of nitrogens with zero attached hydrogens (tertiary/aromatic N) is 2. The fourth-order valence-electron chi connectivity index (χ4n) is 3.41. The molecule has 0 bridgehead atoms. The highest BCUT2D eigenvalue weighted by molar-refractivity contribution is 5.97. The van der Waals surface area contributed by atoms with Gasteiger partial charge in [-0.2, -0.15) is 5.10 Å². The van der Waals surface area contributed by atoms with Crippen molar-refractivity contribution >= 4 is 11.8 Å². The number of benzene rings is 1. The van der Waals surface area contributed by atoms with Gasteiger partial charge in [0.15, 0.2) is 17.3 Å². The lowest BCUT2D eigenvalue weighted by molar-refractivity contribution is -0.125. The van der Waals surface area contributed by atoms with Crippen LogP contribution >= 0.6 is 0 Å². The van der Waals surface area contributed by atoms with Crippen molar-refractivity contribution in [2.75, 3.05) is 19.8 Å². The van der Waals surface area contributed by atoms with Gasteiger partial charge < -0.3 is 20.5 Å². The van der Waals surface area contributed by atoms with E-state index < -0.39 is 34.9 Å². The molecule has 0 radical (unpaired) electrons. The summed E-state index contributed by atoms with van der Waals surface area (Å²) in [6.45, 7) is 5.81. The smallest absolute Gasteiger partial charge is 0.272 e. The molecule has 2 amide bonds. The molecule has 0 unspecified atom stereocenters. The standard InChI is InChI=1S/C21H26F2N4O4/c1-21(2,3)18(20(30)24-7-8-28)25-19(29)17-13-6-9-31-11-16(13)27(26-17)12-4-5-14(22)15(23)10-12/h4-5,10,18,28H,6-9,11H2,1-3H3,(H,24,30)(H,25,29)/t18-/m1/s1. The first-order valence-corrected chi connectivity index (χ1v) is 9.97. The molecule has 3 rings (SSSR count). The van der Waals surface area contributed by atoms with E-state index in [0.29, 0.717) is 24.3 Å². The minimum Gasteiger partial charge on any atom is -0.395 e. The van der Waals surface area contributed by atoms with E-state index in [0.717, 1.165) is 12.1 Å². The molecule has 0 saturated carbocycles. The van der Waals surface area contributed by atoms with Crippen molar-refractivity contribution in [1.29, 1.82) is 0 Å². The Kier molecular flexibility index (Phi) is 6.71. The van der Waals surface area contributed by atoms with Crippen molar-refractivity contribution in [3.8, 4) is 5.69 Å². The zero-order chi connectivity index (χ0) is 22.8. The Labute approximate surface area is 178 Å². The van der Waals surface area contributed by atoms with Crippen molar-refractivity contribution in [1.82, 2.24) is 20.4 Å². The molecule has 168 valence electrons. The lowest BCUT2D eigenvalue weighted by Crippen LogP contribution is -2.54. The summed E-state index contributed by atoms with van der Waals surface area (Å²) in [6, 6.07) is 2.47. The van der Waals surface area contributed by atoms with Crippen molar-refractivity contribution in [2.45, 2.75) is 39.8 Å². The van der Waals surface area contributed by atoms with Gasteiger partial charge in [-0.3, -0.25) is 9.59 Å². The number of nitrogens with one attached hydrogen (secondary N) is 2. The van der Waals surface area contributed by atoms with Gasteiger partial charge >= 0.3 is 0 Å². The molecule has 1 aliphatic rings. The van der Waals surface area contributed by atoms with Crippen molar-refractivity contribution in [3.05, 3.63) is 46.8 Å². The molecule has 0 saturated heterocycles. The molecule has 31 heavy (non-hydrogen) atoms. The Morgan fingerprint density at radius 3 is 2.68 bits per heavy atom. The summed E-state index contributed by atoms with van der Waals surface area (Å²) in [5, 5.41) is 18.6. The zero-order valence-corrected chi connectivity index (χ0v) is 17.7. The van der Waals surface area contributed by atoms with Crippen LogP contribution in [-0.2, 0) is 22.6 Å². The second-order valence-corrected chi connectivity index (χ2v) is 8.37. The van der Waals surface area contributed by atoms with E-state index in [2.05, 4.69) is 15.7 Å². The second kappa shape index (κ2) is 9.11.